The van der Waals surface area contributed by atoms with Crippen LogP contribution in [0.2, 0.25) is 0 Å². The van der Waals surface area contributed by atoms with Gasteiger partial charge in [-0.3, -0.25) is 0 Å². The normalized spacial score (nSPS) is 11.0. The molecule has 40 valence electrons. The van der Waals surface area contributed by atoms with E-state index in [-0.39, 0.29) is 0 Å². The topological polar surface area (TPSA) is 47.6 Å². The van der Waals surface area contributed by atoms with Gasteiger partial charge in [-0.1, -0.05) is 0 Å². The molecule has 0 aliphatic carbocycles. The van der Waals surface area contributed by atoms with Crippen molar-refractivity contribution in [2.75, 3.05) is 0 Å². The van der Waals surface area contributed by atoms with Crippen LogP contribution in [0.3, 0.4) is 0 Å². The van der Waals surface area contributed by atoms with E-state index in [1.54, 1.807) is 0 Å². The van der Waals surface area contributed by atoms with Crippen LogP contribution in [0.1, 0.15) is 0 Å². The van der Waals surface area contributed by atoms with E-state index in [2.05, 4.69) is 0 Å². The minimum atomic E-state index is 0.450. The van der Waals surface area contributed by atoms with Gasteiger partial charge in [-0.15, -0.1) is 0 Å². The van der Waals surface area contributed by atoms with Crippen molar-refractivity contribution in [1.82, 2.24) is 0 Å². The molecule has 0 aromatic rings. The molecule has 0 radical (unpaired) electrons. The lowest BCUT2D eigenvalue weighted by Gasteiger charge is -1.77. The zero-order valence-electron chi connectivity index (χ0n) is 3.65. The van der Waals surface area contributed by atoms with Crippen LogP contribution >= 0.6 is 45.2 Å². The zero-order valence-corrected chi connectivity index (χ0v) is 7.97. The molecule has 0 aliphatic heterocycles. The van der Waals surface area contributed by atoms with Gasteiger partial charge in [-0.2, -0.15) is 10.5 Å². The Hall–Kier alpha value is 0.180. The largest absolute Gasteiger partial charge is 0.192 e. The molecule has 0 saturated carbocycles. The summed E-state index contributed by atoms with van der Waals surface area (Å²) in [5.41, 5.74) is 0. The molecule has 4 heteroatoms. The number of nitriles is 2. The van der Waals surface area contributed by atoms with Crippen molar-refractivity contribution >= 4 is 45.2 Å². The van der Waals surface area contributed by atoms with Gasteiger partial charge in [0.15, 0.2) is 0 Å². The van der Waals surface area contributed by atoms with E-state index in [0.29, 0.717) is 7.16 Å². The van der Waals surface area contributed by atoms with E-state index < -0.39 is 0 Å². The molecule has 8 heavy (non-hydrogen) atoms. The van der Waals surface area contributed by atoms with Crippen molar-refractivity contribution in [3.8, 4) is 12.1 Å². The van der Waals surface area contributed by atoms with E-state index in [1.165, 1.54) is 0 Å². The quantitative estimate of drug-likeness (QED) is 0.505. The van der Waals surface area contributed by atoms with Crippen LogP contribution < -0.4 is 0 Å². The Kier molecular flexibility index (Phi) is 4.19. The molecule has 0 aromatic carbocycles. The number of halogens is 2. The maximum atomic E-state index is 8.17. The summed E-state index contributed by atoms with van der Waals surface area (Å²) in [4.78, 5) is 0. The molecule has 0 amide bonds. The molecule has 0 atom stereocenters. The molecule has 0 saturated heterocycles. The summed E-state index contributed by atoms with van der Waals surface area (Å²) >= 11 is 3.64. The van der Waals surface area contributed by atoms with Crippen molar-refractivity contribution < 1.29 is 0 Å². The van der Waals surface area contributed by atoms with Gasteiger partial charge in [0.2, 0.25) is 0 Å². The maximum absolute atomic E-state index is 8.17. The highest BCUT2D eigenvalue weighted by molar-refractivity contribution is 14.1. The predicted molar refractivity (Wildman–Crippen MR) is 46.3 cm³/mol. The molecule has 0 aliphatic rings. The molecule has 0 bridgehead atoms. The van der Waals surface area contributed by atoms with Crippen molar-refractivity contribution in [2.45, 2.75) is 0 Å². The van der Waals surface area contributed by atoms with E-state index in [0.717, 1.165) is 0 Å². The van der Waals surface area contributed by atoms with Crippen molar-refractivity contribution in [1.29, 1.82) is 10.5 Å². The average molecular weight is 330 g/mol. The van der Waals surface area contributed by atoms with Crippen LogP contribution in [0, 0.1) is 22.7 Å². The Bertz CT molecular complexity index is 171. The molecule has 0 rings (SSSR count). The van der Waals surface area contributed by atoms with Crippen LogP contribution in [0.4, 0.5) is 0 Å². The summed E-state index contributed by atoms with van der Waals surface area (Å²) in [6.07, 6.45) is 0. The molecule has 2 nitrogen and oxygen atoms in total. The van der Waals surface area contributed by atoms with Crippen LogP contribution in [-0.4, -0.2) is 0 Å². The lowest BCUT2D eigenvalue weighted by molar-refractivity contribution is 1.51. The van der Waals surface area contributed by atoms with Gasteiger partial charge in [-0.25, -0.2) is 0 Å². The zero-order chi connectivity index (χ0) is 6.57. The first kappa shape index (κ1) is 8.18. The Balaban J connectivity index is 4.41. The van der Waals surface area contributed by atoms with Crippen LogP contribution in [0.25, 0.3) is 0 Å². The van der Waals surface area contributed by atoms with E-state index in [1.807, 2.05) is 57.3 Å². The second kappa shape index (κ2) is 4.10. The van der Waals surface area contributed by atoms with Crippen LogP contribution in [-0.2, 0) is 0 Å². The second-order valence-electron chi connectivity index (χ2n) is 0.852. The summed E-state index contributed by atoms with van der Waals surface area (Å²) < 4.78 is 0.899. The van der Waals surface area contributed by atoms with Crippen molar-refractivity contribution in [3.63, 3.8) is 0 Å². The summed E-state index contributed by atoms with van der Waals surface area (Å²) in [5, 5.41) is 16.3. The maximum Gasteiger partial charge on any atom is 0.114 e. The fourth-order valence-corrected chi connectivity index (χ4v) is 0.339. The Morgan fingerprint density at radius 3 is 1.38 bits per heavy atom. The first-order valence-corrected chi connectivity index (χ1v) is 3.73. The van der Waals surface area contributed by atoms with Crippen LogP contribution in [0.5, 0.6) is 0 Å². The smallest absolute Gasteiger partial charge is 0.114 e. The van der Waals surface area contributed by atoms with Gasteiger partial charge in [0.1, 0.15) is 19.3 Å². The summed E-state index contributed by atoms with van der Waals surface area (Å²) in [5.74, 6) is 0. The highest BCUT2D eigenvalue weighted by atomic mass is 127. The minimum absolute atomic E-state index is 0.450. The molecular weight excluding hydrogens is 330 g/mol. The van der Waals surface area contributed by atoms with E-state index >= 15 is 0 Å². The fourth-order valence-electron chi connectivity index (χ4n) is 0.0982. The molecule has 0 unspecified atom stereocenters. The molecule has 0 aromatic heterocycles. The first-order chi connectivity index (χ1) is 3.72. The van der Waals surface area contributed by atoms with Gasteiger partial charge in [0.05, 0.1) is 0 Å². The molecule has 0 spiro atoms. The van der Waals surface area contributed by atoms with Crippen molar-refractivity contribution in [2.24, 2.45) is 0 Å². The molecular formula is C4I2N2. The third-order valence-corrected chi connectivity index (χ3v) is 2.98. The summed E-state index contributed by atoms with van der Waals surface area (Å²) in [6.45, 7) is 0. The van der Waals surface area contributed by atoms with Crippen LogP contribution in [0.15, 0.2) is 7.16 Å². The number of hydrogen-bond acceptors (Lipinski definition) is 2. The average Bonchev–Trinajstić information content (AvgIpc) is 1.84. The lowest BCUT2D eigenvalue weighted by atomic mass is 10.6. The SMILES string of the molecule is N#C/C(I)=C(\I)C#N. The standard InChI is InChI=1S/C4I2N2/c5-3(1-7)4(6)2-8/b4-3+. The van der Waals surface area contributed by atoms with E-state index in [4.69, 9.17) is 10.5 Å². The monoisotopic (exact) mass is 330 g/mol. The predicted octanol–water partition coefficient (Wildman–Crippen LogP) is 2.12. The van der Waals surface area contributed by atoms with Crippen molar-refractivity contribution in [3.05, 3.63) is 7.16 Å². The highest BCUT2D eigenvalue weighted by Crippen LogP contribution is 2.16. The number of allylic oxidation sites excluding steroid dienone is 2. The number of nitrogens with zero attached hydrogens (tertiary/aromatic N) is 2. The summed E-state index contributed by atoms with van der Waals surface area (Å²) in [6, 6.07) is 3.70. The van der Waals surface area contributed by atoms with Gasteiger partial charge in [0, 0.05) is 0 Å². The minimum Gasteiger partial charge on any atom is -0.192 e. The number of hydrogen-bond donors (Lipinski definition) is 0. The van der Waals surface area contributed by atoms with Gasteiger partial charge >= 0.3 is 0 Å². The second-order valence-corrected chi connectivity index (χ2v) is 3.01. The third kappa shape index (κ3) is 2.48. The van der Waals surface area contributed by atoms with E-state index in [9.17, 15) is 0 Å². The first-order valence-electron chi connectivity index (χ1n) is 1.58. The lowest BCUT2D eigenvalue weighted by Crippen LogP contribution is -1.64. The molecule has 0 N–H and O–H groups in total. The van der Waals surface area contributed by atoms with Gasteiger partial charge in [0.25, 0.3) is 0 Å². The Morgan fingerprint density at radius 1 is 1.00 bits per heavy atom. The highest BCUT2D eigenvalue weighted by Gasteiger charge is 1.93. The third-order valence-electron chi connectivity index (χ3n) is 0.389. The Labute approximate surface area is 74.5 Å². The molecule has 0 fully saturated rings. The Morgan fingerprint density at radius 2 is 1.25 bits per heavy atom. The van der Waals surface area contributed by atoms with Gasteiger partial charge in [-0.05, 0) is 45.2 Å². The molecule has 0 heterocycles. The fraction of sp³-hybridized carbons (Fsp3) is 0. The van der Waals surface area contributed by atoms with Gasteiger partial charge < -0.3 is 0 Å². The number of rotatable bonds is 0. The summed E-state index contributed by atoms with van der Waals surface area (Å²) in [7, 11) is 0.